The zero-order valence-corrected chi connectivity index (χ0v) is 14.4. The molecule has 0 radical (unpaired) electrons. The monoisotopic (exact) mass is 351 g/mol. The fourth-order valence-electron chi connectivity index (χ4n) is 3.19. The molecule has 0 unspecified atom stereocenters. The van der Waals surface area contributed by atoms with Crippen molar-refractivity contribution in [2.75, 3.05) is 31.1 Å². The van der Waals surface area contributed by atoms with Gasteiger partial charge in [-0.3, -0.25) is 9.59 Å². The lowest BCUT2D eigenvalue weighted by molar-refractivity contribution is -0.128. The first-order chi connectivity index (χ1) is 11.4. The molecule has 2 aliphatic rings. The van der Waals surface area contributed by atoms with Crippen LogP contribution in [0.1, 0.15) is 25.3 Å². The molecule has 1 fully saturated rings. The van der Waals surface area contributed by atoms with E-state index in [1.54, 1.807) is 21.9 Å². The van der Waals surface area contributed by atoms with E-state index in [-0.39, 0.29) is 23.3 Å². The lowest BCUT2D eigenvalue weighted by Crippen LogP contribution is -2.38. The number of benzene rings is 1. The third kappa shape index (κ3) is 3.29. The fraction of sp³-hybridized carbons (Fsp3) is 0.500. The minimum atomic E-state index is -3.75. The zero-order chi connectivity index (χ0) is 17.3. The number of fused-ring (bicyclic) bond motifs is 1. The van der Waals surface area contributed by atoms with Crippen LogP contribution in [0, 0.1) is 0 Å². The molecule has 8 heteroatoms. The second-order valence-electron chi connectivity index (χ2n) is 6.12. The zero-order valence-electron chi connectivity index (χ0n) is 13.6. The summed E-state index contributed by atoms with van der Waals surface area (Å²) in [5.41, 5.74) is 1.59. The molecule has 1 aromatic rings. The predicted molar refractivity (Wildman–Crippen MR) is 89.2 cm³/mol. The number of carbonyl (C=O) groups excluding carboxylic acids is 2. The predicted octanol–water partition coefficient (Wildman–Crippen LogP) is 0.496. The molecule has 3 rings (SSSR count). The summed E-state index contributed by atoms with van der Waals surface area (Å²) in [4.78, 5) is 27.0. The Labute approximate surface area is 141 Å². The number of rotatable bonds is 4. The Morgan fingerprint density at radius 2 is 1.88 bits per heavy atom. The van der Waals surface area contributed by atoms with Gasteiger partial charge in [-0.05, 0) is 43.0 Å². The summed E-state index contributed by atoms with van der Waals surface area (Å²) in [5, 5.41) is 0. The maximum absolute atomic E-state index is 12.4. The average Bonchev–Trinajstić information content (AvgIpc) is 3.21. The molecule has 0 saturated carbocycles. The van der Waals surface area contributed by atoms with Gasteiger partial charge in [0.2, 0.25) is 21.8 Å². The largest absolute Gasteiger partial charge is 0.342 e. The summed E-state index contributed by atoms with van der Waals surface area (Å²) >= 11 is 0. The van der Waals surface area contributed by atoms with Gasteiger partial charge in [0.15, 0.2) is 0 Å². The van der Waals surface area contributed by atoms with E-state index in [4.69, 9.17) is 0 Å². The van der Waals surface area contributed by atoms with E-state index in [0.717, 1.165) is 24.1 Å². The van der Waals surface area contributed by atoms with Crippen LogP contribution in [0.15, 0.2) is 23.1 Å². The standard InChI is InChI=1S/C16H21N3O4S/c1-12(20)19-9-6-13-10-14(4-5-15(13)19)24(22,23)17-11-16(21)18-7-2-3-8-18/h4-5,10,17H,2-3,6-9,11H2,1H3. The van der Waals surface area contributed by atoms with Gasteiger partial charge < -0.3 is 9.80 Å². The van der Waals surface area contributed by atoms with Crippen molar-refractivity contribution in [3.63, 3.8) is 0 Å². The third-order valence-corrected chi connectivity index (χ3v) is 5.91. The molecule has 1 saturated heterocycles. The molecule has 2 heterocycles. The van der Waals surface area contributed by atoms with E-state index in [1.165, 1.54) is 13.0 Å². The van der Waals surface area contributed by atoms with Crippen LogP contribution in [-0.4, -0.2) is 51.3 Å². The molecule has 1 aromatic carbocycles. The molecule has 2 amide bonds. The van der Waals surface area contributed by atoms with Crippen molar-refractivity contribution < 1.29 is 18.0 Å². The number of hydrogen-bond acceptors (Lipinski definition) is 4. The summed E-state index contributed by atoms with van der Waals surface area (Å²) in [6.45, 7) is 3.22. The van der Waals surface area contributed by atoms with Crippen LogP contribution in [0.25, 0.3) is 0 Å². The summed E-state index contributed by atoms with van der Waals surface area (Å²) in [7, 11) is -3.75. The summed E-state index contributed by atoms with van der Waals surface area (Å²) in [6.07, 6.45) is 2.57. The Morgan fingerprint density at radius 3 is 2.54 bits per heavy atom. The second kappa shape index (κ2) is 6.52. The number of amides is 2. The van der Waals surface area contributed by atoms with Gasteiger partial charge in [0.1, 0.15) is 0 Å². The number of nitrogens with one attached hydrogen (secondary N) is 1. The van der Waals surface area contributed by atoms with Crippen LogP contribution in [-0.2, 0) is 26.0 Å². The number of hydrogen-bond donors (Lipinski definition) is 1. The molecule has 0 bridgehead atoms. The Bertz CT molecular complexity index is 770. The van der Waals surface area contributed by atoms with Crippen LogP contribution in [0.5, 0.6) is 0 Å². The van der Waals surface area contributed by atoms with Crippen molar-refractivity contribution in [1.29, 1.82) is 0 Å². The first-order valence-corrected chi connectivity index (χ1v) is 9.55. The Hall–Kier alpha value is -1.93. The van der Waals surface area contributed by atoms with Crippen molar-refractivity contribution in [1.82, 2.24) is 9.62 Å². The van der Waals surface area contributed by atoms with Gasteiger partial charge in [0.05, 0.1) is 11.4 Å². The van der Waals surface area contributed by atoms with E-state index >= 15 is 0 Å². The van der Waals surface area contributed by atoms with Gasteiger partial charge in [-0.2, -0.15) is 0 Å². The topological polar surface area (TPSA) is 86.8 Å². The number of nitrogens with zero attached hydrogens (tertiary/aromatic N) is 2. The van der Waals surface area contributed by atoms with Gasteiger partial charge in [0, 0.05) is 32.2 Å². The molecule has 0 atom stereocenters. The minimum Gasteiger partial charge on any atom is -0.342 e. The highest BCUT2D eigenvalue weighted by Gasteiger charge is 2.25. The molecule has 130 valence electrons. The van der Waals surface area contributed by atoms with Crippen molar-refractivity contribution in [3.8, 4) is 0 Å². The van der Waals surface area contributed by atoms with Crippen molar-refractivity contribution in [2.45, 2.75) is 31.1 Å². The Morgan fingerprint density at radius 1 is 1.17 bits per heavy atom. The summed E-state index contributed by atoms with van der Waals surface area (Å²) in [6, 6.07) is 4.71. The molecule has 0 aliphatic carbocycles. The minimum absolute atomic E-state index is 0.0568. The molecular formula is C16H21N3O4S. The SMILES string of the molecule is CC(=O)N1CCc2cc(S(=O)(=O)NCC(=O)N3CCCC3)ccc21. The second-order valence-corrected chi connectivity index (χ2v) is 7.89. The fourth-order valence-corrected chi connectivity index (χ4v) is 4.22. The summed E-state index contributed by atoms with van der Waals surface area (Å²) < 4.78 is 27.2. The number of sulfonamides is 1. The van der Waals surface area contributed by atoms with Crippen LogP contribution in [0.3, 0.4) is 0 Å². The summed E-state index contributed by atoms with van der Waals surface area (Å²) in [5.74, 6) is -0.251. The number of anilines is 1. The molecule has 2 aliphatic heterocycles. The highest BCUT2D eigenvalue weighted by Crippen LogP contribution is 2.30. The van der Waals surface area contributed by atoms with Gasteiger partial charge >= 0.3 is 0 Å². The highest BCUT2D eigenvalue weighted by atomic mass is 32.2. The van der Waals surface area contributed by atoms with Crippen LogP contribution in [0.4, 0.5) is 5.69 Å². The van der Waals surface area contributed by atoms with Crippen LogP contribution in [0.2, 0.25) is 0 Å². The van der Waals surface area contributed by atoms with E-state index in [1.807, 2.05) is 0 Å². The highest BCUT2D eigenvalue weighted by molar-refractivity contribution is 7.89. The van der Waals surface area contributed by atoms with Gasteiger partial charge in [0.25, 0.3) is 0 Å². The molecule has 7 nitrogen and oxygen atoms in total. The smallest absolute Gasteiger partial charge is 0.241 e. The quantitative estimate of drug-likeness (QED) is 0.856. The number of likely N-dealkylation sites (tertiary alicyclic amines) is 1. The third-order valence-electron chi connectivity index (χ3n) is 4.51. The van der Waals surface area contributed by atoms with Crippen molar-refractivity contribution >= 4 is 27.5 Å². The van der Waals surface area contributed by atoms with Gasteiger partial charge in [-0.15, -0.1) is 0 Å². The Balaban J connectivity index is 1.71. The lowest BCUT2D eigenvalue weighted by atomic mass is 10.2. The Kier molecular flexibility index (Phi) is 4.60. The maximum atomic E-state index is 12.4. The first-order valence-electron chi connectivity index (χ1n) is 8.07. The van der Waals surface area contributed by atoms with E-state index in [2.05, 4.69) is 4.72 Å². The van der Waals surface area contributed by atoms with E-state index < -0.39 is 10.0 Å². The molecule has 0 spiro atoms. The average molecular weight is 351 g/mol. The molecule has 0 aromatic heterocycles. The number of carbonyl (C=O) groups is 2. The van der Waals surface area contributed by atoms with Gasteiger partial charge in [-0.1, -0.05) is 0 Å². The lowest BCUT2D eigenvalue weighted by Gasteiger charge is -2.16. The maximum Gasteiger partial charge on any atom is 0.241 e. The normalized spacial score (nSPS) is 17.2. The first kappa shape index (κ1) is 16.9. The molecule has 24 heavy (non-hydrogen) atoms. The van der Waals surface area contributed by atoms with Crippen molar-refractivity contribution in [3.05, 3.63) is 23.8 Å². The van der Waals surface area contributed by atoms with Crippen LogP contribution >= 0.6 is 0 Å². The molecule has 1 N–H and O–H groups in total. The van der Waals surface area contributed by atoms with Gasteiger partial charge in [-0.25, -0.2) is 13.1 Å². The van der Waals surface area contributed by atoms with Crippen LogP contribution < -0.4 is 9.62 Å². The van der Waals surface area contributed by atoms with E-state index in [0.29, 0.717) is 26.1 Å². The van der Waals surface area contributed by atoms with Crippen molar-refractivity contribution in [2.24, 2.45) is 0 Å². The van der Waals surface area contributed by atoms with E-state index in [9.17, 15) is 18.0 Å². The molecular weight excluding hydrogens is 330 g/mol.